The topological polar surface area (TPSA) is 55.1 Å². The Balaban J connectivity index is 1.94. The minimum Gasteiger partial charge on any atom is -0.358 e. The standard InChI is InChI=1S/C8H13N5S/c1-6-11-12-7(13(6)2)5-10-8-9-3-4-14-8/h3-5H2,1-2H3,(H,9,10). The van der Waals surface area contributed by atoms with Crippen molar-refractivity contribution in [2.45, 2.75) is 13.5 Å². The van der Waals surface area contributed by atoms with Gasteiger partial charge in [-0.25, -0.2) is 0 Å². The Kier molecular flexibility index (Phi) is 2.72. The van der Waals surface area contributed by atoms with E-state index in [0.717, 1.165) is 29.1 Å². The van der Waals surface area contributed by atoms with Gasteiger partial charge in [0.1, 0.15) is 5.82 Å². The smallest absolute Gasteiger partial charge is 0.157 e. The van der Waals surface area contributed by atoms with Crippen LogP contribution in [0.2, 0.25) is 0 Å². The van der Waals surface area contributed by atoms with Gasteiger partial charge in [-0.3, -0.25) is 4.99 Å². The zero-order valence-corrected chi connectivity index (χ0v) is 9.13. The largest absolute Gasteiger partial charge is 0.358 e. The maximum Gasteiger partial charge on any atom is 0.157 e. The number of amidine groups is 1. The van der Waals surface area contributed by atoms with Crippen LogP contribution in [0.25, 0.3) is 0 Å². The Morgan fingerprint density at radius 2 is 2.36 bits per heavy atom. The maximum absolute atomic E-state index is 4.30. The minimum absolute atomic E-state index is 0.698. The van der Waals surface area contributed by atoms with Crippen molar-refractivity contribution in [1.82, 2.24) is 20.1 Å². The van der Waals surface area contributed by atoms with Crippen molar-refractivity contribution >= 4 is 16.9 Å². The van der Waals surface area contributed by atoms with Crippen molar-refractivity contribution in [2.75, 3.05) is 12.3 Å². The van der Waals surface area contributed by atoms with E-state index in [2.05, 4.69) is 20.5 Å². The van der Waals surface area contributed by atoms with E-state index in [-0.39, 0.29) is 0 Å². The van der Waals surface area contributed by atoms with E-state index < -0.39 is 0 Å². The van der Waals surface area contributed by atoms with Crippen molar-refractivity contribution < 1.29 is 0 Å². The highest BCUT2D eigenvalue weighted by atomic mass is 32.2. The van der Waals surface area contributed by atoms with Crippen LogP contribution in [0.4, 0.5) is 0 Å². The Hall–Kier alpha value is -1.04. The summed E-state index contributed by atoms with van der Waals surface area (Å²) in [6.45, 7) is 3.56. The van der Waals surface area contributed by atoms with Gasteiger partial charge in [-0.15, -0.1) is 10.2 Å². The van der Waals surface area contributed by atoms with Crippen LogP contribution in [0.3, 0.4) is 0 Å². The third-order valence-electron chi connectivity index (χ3n) is 2.17. The van der Waals surface area contributed by atoms with Gasteiger partial charge < -0.3 is 9.88 Å². The predicted octanol–water partition coefficient (Wildman–Crippen LogP) is 0.316. The zero-order valence-electron chi connectivity index (χ0n) is 8.32. The monoisotopic (exact) mass is 211 g/mol. The number of thioether (sulfide) groups is 1. The summed E-state index contributed by atoms with van der Waals surface area (Å²) in [6.07, 6.45) is 0. The van der Waals surface area contributed by atoms with E-state index in [4.69, 9.17) is 0 Å². The van der Waals surface area contributed by atoms with Crippen LogP contribution >= 0.6 is 11.8 Å². The van der Waals surface area contributed by atoms with Crippen LogP contribution in [0.1, 0.15) is 11.6 Å². The molecular weight excluding hydrogens is 198 g/mol. The molecule has 1 aliphatic rings. The molecule has 0 aromatic carbocycles. The minimum atomic E-state index is 0.698. The fraction of sp³-hybridized carbons (Fsp3) is 0.625. The van der Waals surface area contributed by atoms with Gasteiger partial charge in [0.05, 0.1) is 13.1 Å². The van der Waals surface area contributed by atoms with Gasteiger partial charge in [0, 0.05) is 12.8 Å². The molecule has 0 fully saturated rings. The van der Waals surface area contributed by atoms with Gasteiger partial charge in [0.15, 0.2) is 11.0 Å². The first kappa shape index (κ1) is 9.51. The quantitative estimate of drug-likeness (QED) is 0.765. The summed E-state index contributed by atoms with van der Waals surface area (Å²) in [5, 5.41) is 12.3. The second kappa shape index (κ2) is 4.00. The number of nitrogens with one attached hydrogen (secondary N) is 1. The van der Waals surface area contributed by atoms with E-state index in [1.165, 1.54) is 0 Å². The lowest BCUT2D eigenvalue weighted by Gasteiger charge is -2.04. The van der Waals surface area contributed by atoms with Gasteiger partial charge >= 0.3 is 0 Å². The fourth-order valence-electron chi connectivity index (χ4n) is 1.20. The van der Waals surface area contributed by atoms with E-state index in [9.17, 15) is 0 Å². The second-order valence-corrected chi connectivity index (χ2v) is 4.19. The molecule has 5 nitrogen and oxygen atoms in total. The molecule has 1 aromatic rings. The zero-order chi connectivity index (χ0) is 9.97. The molecule has 2 rings (SSSR count). The Morgan fingerprint density at radius 3 is 2.93 bits per heavy atom. The Labute approximate surface area is 87.0 Å². The van der Waals surface area contributed by atoms with Crippen LogP contribution in [0.5, 0.6) is 0 Å². The Morgan fingerprint density at radius 1 is 1.50 bits per heavy atom. The molecule has 14 heavy (non-hydrogen) atoms. The highest BCUT2D eigenvalue weighted by Crippen LogP contribution is 2.09. The van der Waals surface area contributed by atoms with Crippen LogP contribution in [-0.4, -0.2) is 32.2 Å². The average molecular weight is 211 g/mol. The first-order valence-electron chi connectivity index (χ1n) is 4.53. The summed E-state index contributed by atoms with van der Waals surface area (Å²) < 4.78 is 1.98. The van der Waals surface area contributed by atoms with Gasteiger partial charge in [0.2, 0.25) is 0 Å². The van der Waals surface area contributed by atoms with Crippen LogP contribution in [0, 0.1) is 6.92 Å². The Bertz CT molecular complexity index is 357. The molecule has 0 aliphatic carbocycles. The molecule has 0 amide bonds. The molecule has 0 spiro atoms. The van der Waals surface area contributed by atoms with Crippen molar-refractivity contribution in [3.05, 3.63) is 11.6 Å². The fourth-order valence-corrected chi connectivity index (χ4v) is 1.93. The van der Waals surface area contributed by atoms with Crippen LogP contribution < -0.4 is 5.32 Å². The first-order chi connectivity index (χ1) is 6.77. The molecule has 1 N–H and O–H groups in total. The van der Waals surface area contributed by atoms with Gasteiger partial charge in [-0.1, -0.05) is 11.8 Å². The van der Waals surface area contributed by atoms with Crippen molar-refractivity contribution in [3.8, 4) is 0 Å². The van der Waals surface area contributed by atoms with Gasteiger partial charge in [-0.2, -0.15) is 0 Å². The normalized spacial score (nSPS) is 15.7. The number of hydrogen-bond acceptors (Lipinski definition) is 5. The third-order valence-corrected chi connectivity index (χ3v) is 3.10. The maximum atomic E-state index is 4.30. The molecule has 76 valence electrons. The lowest BCUT2D eigenvalue weighted by atomic mass is 10.5. The summed E-state index contributed by atoms with van der Waals surface area (Å²) in [5.41, 5.74) is 0. The van der Waals surface area contributed by atoms with Gasteiger partial charge in [0.25, 0.3) is 0 Å². The lowest BCUT2D eigenvalue weighted by molar-refractivity contribution is 0.740. The van der Waals surface area contributed by atoms with E-state index >= 15 is 0 Å². The van der Waals surface area contributed by atoms with E-state index in [0.29, 0.717) is 6.54 Å². The molecule has 0 saturated carbocycles. The summed E-state index contributed by atoms with van der Waals surface area (Å²) in [7, 11) is 1.97. The number of nitrogens with zero attached hydrogens (tertiary/aromatic N) is 4. The highest BCUT2D eigenvalue weighted by Gasteiger charge is 2.08. The van der Waals surface area contributed by atoms with E-state index in [1.54, 1.807) is 11.8 Å². The second-order valence-electron chi connectivity index (χ2n) is 3.11. The number of aryl methyl sites for hydroxylation is 1. The number of aromatic nitrogens is 3. The van der Waals surface area contributed by atoms with Crippen LogP contribution in [-0.2, 0) is 13.6 Å². The van der Waals surface area contributed by atoms with Gasteiger partial charge in [-0.05, 0) is 6.92 Å². The number of aliphatic imine (C=N–C) groups is 1. The molecule has 1 aromatic heterocycles. The first-order valence-corrected chi connectivity index (χ1v) is 5.52. The molecule has 0 unspecified atom stereocenters. The lowest BCUT2D eigenvalue weighted by Crippen LogP contribution is -2.20. The molecule has 1 aliphatic heterocycles. The van der Waals surface area contributed by atoms with Crippen LogP contribution in [0.15, 0.2) is 4.99 Å². The summed E-state index contributed by atoms with van der Waals surface area (Å²) >= 11 is 1.76. The molecule has 2 heterocycles. The number of hydrogen-bond donors (Lipinski definition) is 1. The summed E-state index contributed by atoms with van der Waals surface area (Å²) in [4.78, 5) is 4.30. The molecular formula is C8H13N5S. The SMILES string of the molecule is Cc1nnc(CNC2=NCCS2)n1C. The average Bonchev–Trinajstić information content (AvgIpc) is 2.77. The van der Waals surface area contributed by atoms with Crippen molar-refractivity contribution in [3.63, 3.8) is 0 Å². The summed E-state index contributed by atoms with van der Waals surface area (Å²) in [5.74, 6) is 2.96. The molecule has 0 radical (unpaired) electrons. The summed E-state index contributed by atoms with van der Waals surface area (Å²) in [6, 6.07) is 0. The molecule has 0 saturated heterocycles. The van der Waals surface area contributed by atoms with Crippen molar-refractivity contribution in [2.24, 2.45) is 12.0 Å². The number of rotatable bonds is 2. The molecule has 6 heteroatoms. The molecule has 0 atom stereocenters. The third kappa shape index (κ3) is 1.89. The van der Waals surface area contributed by atoms with E-state index in [1.807, 2.05) is 18.5 Å². The predicted molar refractivity (Wildman–Crippen MR) is 57.3 cm³/mol. The van der Waals surface area contributed by atoms with Crippen molar-refractivity contribution in [1.29, 1.82) is 0 Å². The molecule has 0 bridgehead atoms. The highest BCUT2D eigenvalue weighted by molar-refractivity contribution is 8.14.